The van der Waals surface area contributed by atoms with Crippen LogP contribution in [0.2, 0.25) is 0 Å². The Bertz CT molecular complexity index is 442. The lowest BCUT2D eigenvalue weighted by molar-refractivity contribution is -0.136. The molecule has 0 aliphatic carbocycles. The molecule has 0 fully saturated rings. The zero-order chi connectivity index (χ0) is 11.6. The van der Waals surface area contributed by atoms with Gasteiger partial charge in [0.15, 0.2) is 5.43 Å². The van der Waals surface area contributed by atoms with Crippen LogP contribution in [0.1, 0.15) is 17.7 Å². The van der Waals surface area contributed by atoms with Crippen LogP contribution < -0.4 is 11.2 Å². The molecule has 0 saturated heterocycles. The lowest BCUT2D eigenvalue weighted by atomic mass is 10.1. The zero-order valence-electron chi connectivity index (χ0n) is 7.46. The van der Waals surface area contributed by atoms with E-state index in [1.165, 1.54) is 0 Å². The lowest BCUT2D eigenvalue weighted by Crippen LogP contribution is -2.18. The van der Waals surface area contributed by atoms with Crippen LogP contribution >= 0.6 is 0 Å². The first kappa shape index (κ1) is 11.2. The second-order valence-electron chi connectivity index (χ2n) is 2.85. The molecule has 1 aromatic rings. The van der Waals surface area contributed by atoms with Crippen molar-refractivity contribution in [3.63, 3.8) is 0 Å². The number of anilines is 1. The van der Waals surface area contributed by atoms with E-state index in [1.54, 1.807) is 0 Å². The Balaban J connectivity index is 3.33. The predicted octanol–water partition coefficient (Wildman–Crippen LogP) is 0.522. The van der Waals surface area contributed by atoms with Gasteiger partial charge in [0.05, 0.1) is 12.1 Å². The number of pyridine rings is 1. The molecule has 1 rings (SSSR count). The maximum Gasteiger partial charge on any atom is 0.308 e. The summed E-state index contributed by atoms with van der Waals surface area (Å²) in [6, 6.07) is 0.879. The van der Waals surface area contributed by atoms with Crippen molar-refractivity contribution in [2.75, 3.05) is 5.73 Å². The zero-order valence-corrected chi connectivity index (χ0v) is 7.46. The number of H-pyrrole nitrogens is 1. The number of halogens is 2. The van der Waals surface area contributed by atoms with E-state index in [-0.39, 0.29) is 5.82 Å². The van der Waals surface area contributed by atoms with Gasteiger partial charge >= 0.3 is 5.97 Å². The largest absolute Gasteiger partial charge is 0.481 e. The lowest BCUT2D eigenvalue weighted by Gasteiger charge is -2.07. The number of hydrogen-bond acceptors (Lipinski definition) is 3. The minimum atomic E-state index is -2.96. The Hall–Kier alpha value is -1.92. The Kier molecular flexibility index (Phi) is 3.03. The van der Waals surface area contributed by atoms with Crippen molar-refractivity contribution >= 4 is 11.8 Å². The van der Waals surface area contributed by atoms with Crippen LogP contribution in [0.5, 0.6) is 0 Å². The first-order chi connectivity index (χ1) is 6.91. The molecular formula is C8H8F2N2O3. The topological polar surface area (TPSA) is 96.2 Å². The van der Waals surface area contributed by atoms with Gasteiger partial charge in [0.25, 0.3) is 6.43 Å². The SMILES string of the molecule is Nc1cc(=O)c(CC(=O)O)c(C(F)F)[nH]1. The molecule has 0 atom stereocenters. The van der Waals surface area contributed by atoms with E-state index < -0.39 is 35.5 Å². The molecule has 0 aliphatic heterocycles. The van der Waals surface area contributed by atoms with Gasteiger partial charge in [-0.25, -0.2) is 8.78 Å². The molecule has 82 valence electrons. The third-order valence-electron chi connectivity index (χ3n) is 1.73. The van der Waals surface area contributed by atoms with Gasteiger partial charge in [0, 0.05) is 11.6 Å². The molecule has 0 aliphatic rings. The van der Waals surface area contributed by atoms with Crippen LogP contribution in [0.15, 0.2) is 10.9 Å². The van der Waals surface area contributed by atoms with E-state index in [0.29, 0.717) is 0 Å². The summed E-state index contributed by atoms with van der Waals surface area (Å²) in [5.74, 6) is -1.57. The molecule has 1 aromatic heterocycles. The van der Waals surface area contributed by atoms with E-state index in [4.69, 9.17) is 10.8 Å². The van der Waals surface area contributed by atoms with Crippen LogP contribution in [0.3, 0.4) is 0 Å². The average Bonchev–Trinajstić information content (AvgIpc) is 2.08. The van der Waals surface area contributed by atoms with Crippen molar-refractivity contribution in [2.24, 2.45) is 0 Å². The van der Waals surface area contributed by atoms with E-state index in [9.17, 15) is 18.4 Å². The molecule has 7 heteroatoms. The fraction of sp³-hybridized carbons (Fsp3) is 0.250. The summed E-state index contributed by atoms with van der Waals surface area (Å²) in [5, 5.41) is 8.44. The summed E-state index contributed by atoms with van der Waals surface area (Å²) in [5.41, 5.74) is 3.16. The van der Waals surface area contributed by atoms with Gasteiger partial charge < -0.3 is 15.8 Å². The molecule has 0 radical (unpaired) electrons. The summed E-state index contributed by atoms with van der Waals surface area (Å²) in [4.78, 5) is 23.6. The second-order valence-corrected chi connectivity index (χ2v) is 2.85. The van der Waals surface area contributed by atoms with E-state index in [2.05, 4.69) is 4.98 Å². The van der Waals surface area contributed by atoms with Crippen LogP contribution in [0.25, 0.3) is 0 Å². The average molecular weight is 218 g/mol. The Morgan fingerprint density at radius 2 is 2.20 bits per heavy atom. The Labute approximate surface area is 82.5 Å². The number of carboxylic acid groups (broad SMARTS) is 1. The summed E-state index contributed by atoms with van der Waals surface area (Å²) in [6.45, 7) is 0. The second kappa shape index (κ2) is 4.07. The van der Waals surface area contributed by atoms with Crippen molar-refractivity contribution in [2.45, 2.75) is 12.8 Å². The quantitative estimate of drug-likeness (QED) is 0.689. The van der Waals surface area contributed by atoms with Crippen LogP contribution in [0, 0.1) is 0 Å². The van der Waals surface area contributed by atoms with Crippen molar-refractivity contribution in [3.8, 4) is 0 Å². The standard InChI is InChI=1S/C8H8F2N2O3/c9-8(10)7-3(1-6(14)15)4(13)2-5(11)12-7/h2,8H,1H2,(H,14,15)(H3,11,12,13). The number of aromatic amines is 1. The summed E-state index contributed by atoms with van der Waals surface area (Å²) >= 11 is 0. The molecule has 0 amide bonds. The van der Waals surface area contributed by atoms with Crippen LogP contribution in [-0.2, 0) is 11.2 Å². The van der Waals surface area contributed by atoms with E-state index in [0.717, 1.165) is 6.07 Å². The fourth-order valence-corrected chi connectivity index (χ4v) is 1.15. The number of aliphatic carboxylic acids is 1. The van der Waals surface area contributed by atoms with E-state index in [1.807, 2.05) is 0 Å². The van der Waals surface area contributed by atoms with Gasteiger partial charge in [-0.1, -0.05) is 0 Å². The number of carboxylic acids is 1. The monoisotopic (exact) mass is 218 g/mol. The Morgan fingerprint density at radius 1 is 1.60 bits per heavy atom. The minimum absolute atomic E-state index is 0.218. The molecule has 4 N–H and O–H groups in total. The third kappa shape index (κ3) is 2.52. The normalized spacial score (nSPS) is 10.6. The van der Waals surface area contributed by atoms with Gasteiger partial charge in [0.1, 0.15) is 5.82 Å². The molecule has 5 nitrogen and oxygen atoms in total. The molecule has 0 aromatic carbocycles. The molecular weight excluding hydrogens is 210 g/mol. The number of nitrogen functional groups attached to an aromatic ring is 1. The van der Waals surface area contributed by atoms with Gasteiger partial charge in [-0.3, -0.25) is 9.59 Å². The first-order valence-corrected chi connectivity index (χ1v) is 3.93. The number of rotatable bonds is 3. The minimum Gasteiger partial charge on any atom is -0.481 e. The number of alkyl halides is 2. The van der Waals surface area contributed by atoms with Crippen LogP contribution in [0.4, 0.5) is 14.6 Å². The Morgan fingerprint density at radius 3 is 2.67 bits per heavy atom. The summed E-state index contributed by atoms with van der Waals surface area (Å²) < 4.78 is 24.8. The van der Waals surface area contributed by atoms with Gasteiger partial charge in [-0.2, -0.15) is 0 Å². The highest BCUT2D eigenvalue weighted by molar-refractivity contribution is 5.70. The van der Waals surface area contributed by atoms with Gasteiger partial charge in [-0.15, -0.1) is 0 Å². The van der Waals surface area contributed by atoms with Crippen molar-refractivity contribution in [1.82, 2.24) is 4.98 Å². The smallest absolute Gasteiger partial charge is 0.308 e. The number of aromatic nitrogens is 1. The molecule has 0 bridgehead atoms. The summed E-state index contributed by atoms with van der Waals surface area (Å²) in [6.07, 6.45) is -3.72. The molecule has 0 unspecified atom stereocenters. The molecule has 1 heterocycles. The number of hydrogen-bond donors (Lipinski definition) is 3. The molecule has 15 heavy (non-hydrogen) atoms. The van der Waals surface area contributed by atoms with Crippen molar-refractivity contribution < 1.29 is 18.7 Å². The van der Waals surface area contributed by atoms with Gasteiger partial charge in [0.2, 0.25) is 0 Å². The number of carbonyl (C=O) groups is 1. The van der Waals surface area contributed by atoms with Crippen LogP contribution in [-0.4, -0.2) is 16.1 Å². The van der Waals surface area contributed by atoms with E-state index >= 15 is 0 Å². The van der Waals surface area contributed by atoms with Crippen molar-refractivity contribution in [3.05, 3.63) is 27.5 Å². The highest BCUT2D eigenvalue weighted by Gasteiger charge is 2.19. The third-order valence-corrected chi connectivity index (χ3v) is 1.73. The molecule has 0 spiro atoms. The highest BCUT2D eigenvalue weighted by atomic mass is 19.3. The van der Waals surface area contributed by atoms with Gasteiger partial charge in [-0.05, 0) is 0 Å². The highest BCUT2D eigenvalue weighted by Crippen LogP contribution is 2.19. The molecule has 0 saturated carbocycles. The predicted molar refractivity (Wildman–Crippen MR) is 47.8 cm³/mol. The number of nitrogens with one attached hydrogen (secondary N) is 1. The van der Waals surface area contributed by atoms with Crippen molar-refractivity contribution in [1.29, 1.82) is 0 Å². The fourth-order valence-electron chi connectivity index (χ4n) is 1.15. The first-order valence-electron chi connectivity index (χ1n) is 3.93. The summed E-state index contributed by atoms with van der Waals surface area (Å²) in [7, 11) is 0. The maximum absolute atomic E-state index is 12.4. The number of nitrogens with two attached hydrogens (primary N) is 1. The maximum atomic E-state index is 12.4.